The average molecular weight is 420 g/mol. The number of nitrogens with one attached hydrogen (secondary N) is 1. The van der Waals surface area contributed by atoms with Crippen LogP contribution in [0.2, 0.25) is 0 Å². The molecule has 1 N–H and O–H groups in total. The number of rotatable bonds is 5. The van der Waals surface area contributed by atoms with Crippen molar-refractivity contribution in [3.8, 4) is 0 Å². The number of anilines is 1. The third kappa shape index (κ3) is 3.86. The summed E-state index contributed by atoms with van der Waals surface area (Å²) in [6, 6.07) is 16.8. The molecule has 4 heteroatoms. The molecule has 0 aliphatic carbocycles. The van der Waals surface area contributed by atoms with Crippen molar-refractivity contribution in [1.29, 1.82) is 0 Å². The number of amides is 1. The molecule has 23 heavy (non-hydrogen) atoms. The fourth-order valence-corrected chi connectivity index (χ4v) is 3.70. The van der Waals surface area contributed by atoms with Gasteiger partial charge >= 0.3 is 0 Å². The molecule has 2 aromatic carbocycles. The number of benzene rings is 2. The highest BCUT2D eigenvalue weighted by Crippen LogP contribution is 2.31. The van der Waals surface area contributed by atoms with Crippen molar-refractivity contribution < 1.29 is 4.79 Å². The van der Waals surface area contributed by atoms with E-state index in [1.54, 1.807) is 0 Å². The van der Waals surface area contributed by atoms with Gasteiger partial charge in [0.15, 0.2) is 0 Å². The minimum atomic E-state index is 0.0124. The van der Waals surface area contributed by atoms with E-state index in [1.165, 1.54) is 11.3 Å². The first-order valence-corrected chi connectivity index (χ1v) is 9.11. The van der Waals surface area contributed by atoms with Gasteiger partial charge in [-0.3, -0.25) is 4.79 Å². The molecule has 2 aromatic rings. The molecule has 0 saturated carbocycles. The number of hydrogen-bond acceptors (Lipinski definition) is 2. The molecule has 1 heterocycles. The van der Waals surface area contributed by atoms with Crippen LogP contribution >= 0.6 is 22.6 Å². The molecule has 3 rings (SSSR count). The molecular formula is C19H21IN2O. The third-order valence-corrected chi connectivity index (χ3v) is 4.97. The number of nitrogens with zero attached hydrogens (tertiary/aromatic N) is 1. The molecule has 3 nitrogen and oxygen atoms in total. The first-order valence-electron chi connectivity index (χ1n) is 8.03. The monoisotopic (exact) mass is 420 g/mol. The van der Waals surface area contributed by atoms with Crippen LogP contribution < -0.4 is 10.2 Å². The summed E-state index contributed by atoms with van der Waals surface area (Å²) < 4.78 is 1.08. The standard InChI is InChI=1S/C19H21IN2O/c1-14-12-15-6-2-3-9-18(15)22(14)11-5-10-21-19(23)16-7-4-8-17(20)13-16/h2-4,6-9,13-14H,5,10-12H2,1H3,(H,21,23)/t14-/m1/s1. The van der Waals surface area contributed by atoms with Crippen molar-refractivity contribution >= 4 is 34.2 Å². The predicted molar refractivity (Wildman–Crippen MR) is 103 cm³/mol. The van der Waals surface area contributed by atoms with Crippen LogP contribution in [0.15, 0.2) is 48.5 Å². The molecule has 0 spiro atoms. The van der Waals surface area contributed by atoms with E-state index in [-0.39, 0.29) is 5.91 Å². The van der Waals surface area contributed by atoms with E-state index in [0.717, 1.165) is 28.5 Å². The van der Waals surface area contributed by atoms with Crippen molar-refractivity contribution in [1.82, 2.24) is 5.32 Å². The SMILES string of the molecule is C[C@@H]1Cc2ccccc2N1CCCNC(=O)c1cccc(I)c1. The van der Waals surface area contributed by atoms with Crippen LogP contribution in [0.1, 0.15) is 29.3 Å². The van der Waals surface area contributed by atoms with Crippen LogP contribution in [0.4, 0.5) is 5.69 Å². The first kappa shape index (κ1) is 16.3. The topological polar surface area (TPSA) is 32.3 Å². The van der Waals surface area contributed by atoms with E-state index in [9.17, 15) is 4.79 Å². The Bertz CT molecular complexity index is 701. The smallest absolute Gasteiger partial charge is 0.251 e. The van der Waals surface area contributed by atoms with Gasteiger partial charge in [-0.05, 0) is 72.2 Å². The zero-order valence-electron chi connectivity index (χ0n) is 13.3. The summed E-state index contributed by atoms with van der Waals surface area (Å²) in [6.45, 7) is 3.95. The second-order valence-electron chi connectivity index (χ2n) is 6.00. The van der Waals surface area contributed by atoms with E-state index in [2.05, 4.69) is 64.0 Å². The Morgan fingerprint density at radius 1 is 1.26 bits per heavy atom. The Kier molecular flexibility index (Phi) is 5.20. The lowest BCUT2D eigenvalue weighted by Crippen LogP contribution is -2.33. The van der Waals surface area contributed by atoms with Crippen molar-refractivity contribution in [2.75, 3.05) is 18.0 Å². The van der Waals surface area contributed by atoms with E-state index < -0.39 is 0 Å². The maximum Gasteiger partial charge on any atom is 0.251 e. The summed E-state index contributed by atoms with van der Waals surface area (Å²) in [4.78, 5) is 14.6. The number of halogens is 1. The Morgan fingerprint density at radius 3 is 2.91 bits per heavy atom. The lowest BCUT2D eigenvalue weighted by molar-refractivity contribution is 0.0953. The average Bonchev–Trinajstić information content (AvgIpc) is 2.87. The van der Waals surface area contributed by atoms with Crippen molar-refractivity contribution in [2.24, 2.45) is 0 Å². The number of hydrogen-bond donors (Lipinski definition) is 1. The molecule has 0 saturated heterocycles. The molecule has 0 fully saturated rings. The molecular weight excluding hydrogens is 399 g/mol. The lowest BCUT2D eigenvalue weighted by Gasteiger charge is -2.24. The first-order chi connectivity index (χ1) is 11.1. The van der Waals surface area contributed by atoms with Crippen LogP contribution in [0, 0.1) is 3.57 Å². The Morgan fingerprint density at radius 2 is 2.09 bits per heavy atom. The maximum atomic E-state index is 12.1. The fourth-order valence-electron chi connectivity index (χ4n) is 3.15. The predicted octanol–water partition coefficient (Wildman–Crippen LogP) is 3.86. The Balaban J connectivity index is 1.50. The summed E-state index contributed by atoms with van der Waals surface area (Å²) >= 11 is 2.23. The zero-order chi connectivity index (χ0) is 16.2. The lowest BCUT2D eigenvalue weighted by atomic mass is 10.1. The fraction of sp³-hybridized carbons (Fsp3) is 0.316. The normalized spacial score (nSPS) is 16.3. The summed E-state index contributed by atoms with van der Waals surface area (Å²) in [5, 5.41) is 3.02. The minimum absolute atomic E-state index is 0.0124. The Hall–Kier alpha value is -1.56. The molecule has 0 radical (unpaired) electrons. The van der Waals surface area contributed by atoms with Crippen LogP contribution in [-0.2, 0) is 6.42 Å². The largest absolute Gasteiger partial charge is 0.368 e. The van der Waals surface area contributed by atoms with Crippen LogP contribution in [0.5, 0.6) is 0 Å². The van der Waals surface area contributed by atoms with Crippen LogP contribution in [0.3, 0.4) is 0 Å². The molecule has 0 unspecified atom stereocenters. The van der Waals surface area contributed by atoms with Crippen molar-refractivity contribution in [3.05, 3.63) is 63.2 Å². The van der Waals surface area contributed by atoms with E-state index in [4.69, 9.17) is 0 Å². The summed E-state index contributed by atoms with van der Waals surface area (Å²) in [5.41, 5.74) is 3.52. The second-order valence-corrected chi connectivity index (χ2v) is 7.24. The van der Waals surface area contributed by atoms with E-state index >= 15 is 0 Å². The van der Waals surface area contributed by atoms with Gasteiger partial charge in [0.25, 0.3) is 5.91 Å². The Labute approximate surface area is 151 Å². The quantitative estimate of drug-likeness (QED) is 0.589. The molecule has 1 atom stereocenters. The van der Waals surface area contributed by atoms with E-state index in [0.29, 0.717) is 12.6 Å². The summed E-state index contributed by atoms with van der Waals surface area (Å²) in [7, 11) is 0. The van der Waals surface area contributed by atoms with Crippen LogP contribution in [-0.4, -0.2) is 25.0 Å². The third-order valence-electron chi connectivity index (χ3n) is 4.30. The van der Waals surface area contributed by atoms with Crippen molar-refractivity contribution in [3.63, 3.8) is 0 Å². The van der Waals surface area contributed by atoms with Gasteiger partial charge in [0, 0.05) is 34.0 Å². The number of para-hydroxylation sites is 1. The van der Waals surface area contributed by atoms with Crippen LogP contribution in [0.25, 0.3) is 0 Å². The maximum absolute atomic E-state index is 12.1. The number of carbonyl (C=O) groups excluding carboxylic acids is 1. The molecule has 1 aliphatic heterocycles. The summed E-state index contributed by atoms with van der Waals surface area (Å²) in [5.74, 6) is 0.0124. The number of carbonyl (C=O) groups is 1. The number of fused-ring (bicyclic) bond motifs is 1. The van der Waals surface area contributed by atoms with Gasteiger partial charge in [-0.1, -0.05) is 24.3 Å². The molecule has 1 aliphatic rings. The van der Waals surface area contributed by atoms with Gasteiger partial charge in [-0.25, -0.2) is 0 Å². The van der Waals surface area contributed by atoms with Gasteiger partial charge in [0.05, 0.1) is 0 Å². The van der Waals surface area contributed by atoms with Crippen molar-refractivity contribution in [2.45, 2.75) is 25.8 Å². The van der Waals surface area contributed by atoms with Gasteiger partial charge in [-0.2, -0.15) is 0 Å². The van der Waals surface area contributed by atoms with Gasteiger partial charge < -0.3 is 10.2 Å². The molecule has 1 amide bonds. The van der Waals surface area contributed by atoms with Gasteiger partial charge in [-0.15, -0.1) is 0 Å². The van der Waals surface area contributed by atoms with Gasteiger partial charge in [0.1, 0.15) is 0 Å². The highest BCUT2D eigenvalue weighted by atomic mass is 127. The second kappa shape index (κ2) is 7.34. The minimum Gasteiger partial charge on any atom is -0.368 e. The molecule has 120 valence electrons. The van der Waals surface area contributed by atoms with E-state index in [1.807, 2.05) is 24.3 Å². The summed E-state index contributed by atoms with van der Waals surface area (Å²) in [6.07, 6.45) is 2.07. The zero-order valence-corrected chi connectivity index (χ0v) is 15.4. The highest BCUT2D eigenvalue weighted by molar-refractivity contribution is 14.1. The molecule has 0 bridgehead atoms. The molecule has 0 aromatic heterocycles. The van der Waals surface area contributed by atoms with Gasteiger partial charge in [0.2, 0.25) is 0 Å². The highest BCUT2D eigenvalue weighted by Gasteiger charge is 2.24.